The zero-order chi connectivity index (χ0) is 14.4. The van der Waals surface area contributed by atoms with Crippen molar-refractivity contribution in [2.24, 2.45) is 0 Å². The third-order valence-corrected chi connectivity index (χ3v) is 2.90. The van der Waals surface area contributed by atoms with E-state index in [1.165, 1.54) is 0 Å². The van der Waals surface area contributed by atoms with Crippen LogP contribution in [-0.4, -0.2) is 27.6 Å². The maximum atomic E-state index is 12.1. The summed E-state index contributed by atoms with van der Waals surface area (Å²) in [4.78, 5) is 16.2. The fourth-order valence-corrected chi connectivity index (χ4v) is 1.79. The number of amides is 1. The fourth-order valence-electron chi connectivity index (χ4n) is 1.79. The lowest BCUT2D eigenvalue weighted by molar-refractivity contribution is 0.101. The first-order valence-electron chi connectivity index (χ1n) is 6.75. The van der Waals surface area contributed by atoms with Crippen LogP contribution in [0.3, 0.4) is 0 Å². The summed E-state index contributed by atoms with van der Waals surface area (Å²) in [5.74, 6) is 0.570. The average Bonchev–Trinajstić information content (AvgIpc) is 2.95. The second kappa shape index (κ2) is 6.81. The van der Waals surface area contributed by atoms with Crippen molar-refractivity contribution in [1.82, 2.24) is 20.5 Å². The number of rotatable bonds is 6. The minimum atomic E-state index is -0.301. The quantitative estimate of drug-likeness (QED) is 0.748. The number of benzene rings is 1. The summed E-state index contributed by atoms with van der Waals surface area (Å²) < 4.78 is 0. The van der Waals surface area contributed by atoms with Gasteiger partial charge >= 0.3 is 0 Å². The third kappa shape index (κ3) is 3.42. The van der Waals surface area contributed by atoms with Gasteiger partial charge in [0, 0.05) is 18.7 Å². The van der Waals surface area contributed by atoms with Crippen molar-refractivity contribution in [2.75, 3.05) is 11.9 Å². The molecule has 20 heavy (non-hydrogen) atoms. The summed E-state index contributed by atoms with van der Waals surface area (Å²) >= 11 is 0. The van der Waals surface area contributed by atoms with Gasteiger partial charge in [0.1, 0.15) is 5.82 Å². The summed E-state index contributed by atoms with van der Waals surface area (Å²) in [6.45, 7) is 5.58. The number of carbonyl (C=O) groups excluding carboxylic acids is 1. The van der Waals surface area contributed by atoms with Crippen molar-refractivity contribution in [3.05, 3.63) is 41.5 Å². The Labute approximate surface area is 118 Å². The van der Waals surface area contributed by atoms with Gasteiger partial charge in [-0.1, -0.05) is 32.0 Å². The molecule has 0 unspecified atom stereocenters. The largest absolute Gasteiger partial charge is 0.319 e. The highest BCUT2D eigenvalue weighted by molar-refractivity contribution is 6.01. The molecule has 106 valence electrons. The van der Waals surface area contributed by atoms with E-state index in [9.17, 15) is 4.79 Å². The SMILES string of the molecule is CCNCc1ccccc1NC(=O)c1n[nH]c(CC)n1. The van der Waals surface area contributed by atoms with Gasteiger partial charge in [0.15, 0.2) is 0 Å². The van der Waals surface area contributed by atoms with Crippen molar-refractivity contribution in [3.8, 4) is 0 Å². The topological polar surface area (TPSA) is 82.7 Å². The molecule has 0 atom stereocenters. The van der Waals surface area contributed by atoms with E-state index in [2.05, 4.69) is 25.8 Å². The Balaban J connectivity index is 2.10. The van der Waals surface area contributed by atoms with Gasteiger partial charge in [-0.05, 0) is 18.2 Å². The molecular formula is C14H19N5O. The van der Waals surface area contributed by atoms with Gasteiger partial charge in [-0.2, -0.15) is 0 Å². The van der Waals surface area contributed by atoms with Crippen LogP contribution in [0.4, 0.5) is 5.69 Å². The number of carbonyl (C=O) groups is 1. The Morgan fingerprint density at radius 2 is 2.10 bits per heavy atom. The molecule has 1 aromatic carbocycles. The molecule has 0 saturated heterocycles. The maximum Gasteiger partial charge on any atom is 0.295 e. The first kappa shape index (κ1) is 14.2. The first-order chi connectivity index (χ1) is 9.74. The zero-order valence-corrected chi connectivity index (χ0v) is 11.7. The van der Waals surface area contributed by atoms with Gasteiger partial charge in [0.05, 0.1) is 0 Å². The molecule has 0 aliphatic heterocycles. The van der Waals surface area contributed by atoms with Gasteiger partial charge in [-0.3, -0.25) is 9.89 Å². The summed E-state index contributed by atoms with van der Waals surface area (Å²) in [6.07, 6.45) is 0.720. The Hall–Kier alpha value is -2.21. The molecule has 0 fully saturated rings. The highest BCUT2D eigenvalue weighted by Crippen LogP contribution is 2.15. The molecule has 2 rings (SSSR count). The number of aryl methyl sites for hydroxylation is 1. The lowest BCUT2D eigenvalue weighted by Gasteiger charge is -2.10. The van der Waals surface area contributed by atoms with Crippen molar-refractivity contribution in [3.63, 3.8) is 0 Å². The maximum absolute atomic E-state index is 12.1. The van der Waals surface area contributed by atoms with Crippen LogP contribution >= 0.6 is 0 Å². The van der Waals surface area contributed by atoms with Crippen molar-refractivity contribution >= 4 is 11.6 Å². The number of aromatic amines is 1. The molecule has 6 nitrogen and oxygen atoms in total. The van der Waals surface area contributed by atoms with Gasteiger partial charge in [0.25, 0.3) is 5.91 Å². The number of hydrogen-bond acceptors (Lipinski definition) is 4. The standard InChI is InChI=1S/C14H19N5O/c1-3-12-17-13(19-18-12)14(20)16-11-8-6-5-7-10(11)9-15-4-2/h5-8,15H,3-4,9H2,1-2H3,(H,16,20)(H,17,18,19). The highest BCUT2D eigenvalue weighted by atomic mass is 16.2. The van der Waals surface area contributed by atoms with E-state index in [0.717, 1.165) is 24.2 Å². The van der Waals surface area contributed by atoms with E-state index in [4.69, 9.17) is 0 Å². The molecular weight excluding hydrogens is 254 g/mol. The second-order valence-corrected chi connectivity index (χ2v) is 4.35. The van der Waals surface area contributed by atoms with Crippen LogP contribution in [0.15, 0.2) is 24.3 Å². The molecule has 2 aromatic rings. The number of nitrogens with one attached hydrogen (secondary N) is 3. The second-order valence-electron chi connectivity index (χ2n) is 4.35. The van der Waals surface area contributed by atoms with Crippen LogP contribution < -0.4 is 10.6 Å². The van der Waals surface area contributed by atoms with E-state index < -0.39 is 0 Å². The van der Waals surface area contributed by atoms with Gasteiger partial charge in [0.2, 0.25) is 5.82 Å². The van der Waals surface area contributed by atoms with Crippen molar-refractivity contribution in [1.29, 1.82) is 0 Å². The molecule has 0 aliphatic carbocycles. The molecule has 0 bridgehead atoms. The van der Waals surface area contributed by atoms with Crippen LogP contribution in [0, 0.1) is 0 Å². The lowest BCUT2D eigenvalue weighted by atomic mass is 10.1. The summed E-state index contributed by atoms with van der Waals surface area (Å²) in [5.41, 5.74) is 1.82. The predicted molar refractivity (Wildman–Crippen MR) is 77.5 cm³/mol. The summed E-state index contributed by atoms with van der Waals surface area (Å²) in [7, 11) is 0. The number of nitrogens with zero attached hydrogens (tertiary/aromatic N) is 2. The van der Waals surface area contributed by atoms with E-state index in [1.54, 1.807) is 0 Å². The molecule has 0 radical (unpaired) electrons. The van der Waals surface area contributed by atoms with Crippen LogP contribution in [-0.2, 0) is 13.0 Å². The minimum Gasteiger partial charge on any atom is -0.319 e. The number of para-hydroxylation sites is 1. The van der Waals surface area contributed by atoms with E-state index >= 15 is 0 Å². The molecule has 0 spiro atoms. The number of aromatic nitrogens is 3. The van der Waals surface area contributed by atoms with Gasteiger partial charge < -0.3 is 10.6 Å². The Morgan fingerprint density at radius 1 is 1.30 bits per heavy atom. The Morgan fingerprint density at radius 3 is 2.80 bits per heavy atom. The molecule has 1 heterocycles. The molecule has 1 aromatic heterocycles. The Kier molecular flexibility index (Phi) is 4.84. The van der Waals surface area contributed by atoms with E-state index in [0.29, 0.717) is 12.4 Å². The van der Waals surface area contributed by atoms with Gasteiger partial charge in [-0.25, -0.2) is 4.98 Å². The smallest absolute Gasteiger partial charge is 0.295 e. The van der Waals surface area contributed by atoms with Crippen LogP contribution in [0.2, 0.25) is 0 Å². The predicted octanol–water partition coefficient (Wildman–Crippen LogP) is 1.73. The highest BCUT2D eigenvalue weighted by Gasteiger charge is 2.13. The lowest BCUT2D eigenvalue weighted by Crippen LogP contribution is -2.18. The zero-order valence-electron chi connectivity index (χ0n) is 11.7. The van der Waals surface area contributed by atoms with Crippen LogP contribution in [0.5, 0.6) is 0 Å². The molecule has 6 heteroatoms. The van der Waals surface area contributed by atoms with Gasteiger partial charge in [-0.15, -0.1) is 5.10 Å². The van der Waals surface area contributed by atoms with Crippen molar-refractivity contribution in [2.45, 2.75) is 26.8 Å². The molecule has 1 amide bonds. The molecule has 0 aliphatic rings. The average molecular weight is 273 g/mol. The molecule has 3 N–H and O–H groups in total. The molecule has 0 saturated carbocycles. The van der Waals surface area contributed by atoms with Crippen LogP contribution in [0.1, 0.15) is 35.9 Å². The third-order valence-electron chi connectivity index (χ3n) is 2.90. The monoisotopic (exact) mass is 273 g/mol. The van der Waals surface area contributed by atoms with Crippen LogP contribution in [0.25, 0.3) is 0 Å². The number of hydrogen-bond donors (Lipinski definition) is 3. The van der Waals surface area contributed by atoms with E-state index in [1.807, 2.05) is 38.1 Å². The normalized spacial score (nSPS) is 10.5. The summed E-state index contributed by atoms with van der Waals surface area (Å²) in [6, 6.07) is 7.69. The fraction of sp³-hybridized carbons (Fsp3) is 0.357. The van der Waals surface area contributed by atoms with Crippen molar-refractivity contribution < 1.29 is 4.79 Å². The van der Waals surface area contributed by atoms with E-state index in [-0.39, 0.29) is 11.7 Å². The number of H-pyrrole nitrogens is 1. The Bertz CT molecular complexity index is 578. The first-order valence-corrected chi connectivity index (χ1v) is 6.75. The minimum absolute atomic E-state index is 0.167. The summed E-state index contributed by atoms with van der Waals surface area (Å²) in [5, 5.41) is 12.7. The number of anilines is 1.